The number of nitro groups is 1. The van der Waals surface area contributed by atoms with E-state index in [0.717, 1.165) is 22.0 Å². The van der Waals surface area contributed by atoms with Gasteiger partial charge in [0.25, 0.3) is 6.04 Å². The molecule has 2 aromatic carbocycles. The monoisotopic (exact) mass is 328 g/mol. The highest BCUT2D eigenvalue weighted by atomic mass is 35.5. The molecule has 1 N–H and O–H groups in total. The van der Waals surface area contributed by atoms with Gasteiger partial charge in [-0.15, -0.1) is 0 Å². The van der Waals surface area contributed by atoms with Crippen LogP contribution in [0.25, 0.3) is 10.9 Å². The Kier molecular flexibility index (Phi) is 3.23. The van der Waals surface area contributed by atoms with Crippen LogP contribution in [0.5, 0.6) is 5.75 Å². The molecule has 116 valence electrons. The van der Waals surface area contributed by atoms with Crippen LogP contribution in [0.3, 0.4) is 0 Å². The van der Waals surface area contributed by atoms with E-state index in [1.165, 1.54) is 0 Å². The normalized spacial score (nSPS) is 20.0. The Hall–Kier alpha value is -2.53. The molecule has 0 unspecified atom stereocenters. The van der Waals surface area contributed by atoms with Crippen molar-refractivity contribution in [3.05, 3.63) is 74.9 Å². The smallest absolute Gasteiger partial charge is 0.257 e. The van der Waals surface area contributed by atoms with Gasteiger partial charge >= 0.3 is 0 Å². The van der Waals surface area contributed by atoms with E-state index in [9.17, 15) is 10.1 Å². The first kappa shape index (κ1) is 14.1. The molecule has 1 aromatic heterocycles. The molecule has 0 saturated carbocycles. The van der Waals surface area contributed by atoms with Crippen molar-refractivity contribution in [1.29, 1.82) is 0 Å². The van der Waals surface area contributed by atoms with Crippen LogP contribution in [0.1, 0.15) is 17.0 Å². The Morgan fingerprint density at radius 1 is 1.22 bits per heavy atom. The van der Waals surface area contributed by atoms with Gasteiger partial charge in [0.1, 0.15) is 5.75 Å². The van der Waals surface area contributed by atoms with Crippen molar-refractivity contribution in [2.75, 3.05) is 6.61 Å². The Balaban J connectivity index is 1.95. The Bertz CT molecular complexity index is 906. The minimum absolute atomic E-state index is 0.0575. The number of fused-ring (bicyclic) bond motifs is 2. The Morgan fingerprint density at radius 3 is 2.87 bits per heavy atom. The first-order valence-corrected chi connectivity index (χ1v) is 7.64. The molecule has 0 aliphatic carbocycles. The standard InChI is InChI=1S/C17H13ClN2O3/c18-10-5-6-14-12(7-10)13(8-19-14)17-11-3-1-2-4-16(11)23-9-15(17)20(21)22/h1-8,15,17,19H,9H2/t15-,17+/m0/s1. The van der Waals surface area contributed by atoms with E-state index >= 15 is 0 Å². The van der Waals surface area contributed by atoms with Crippen molar-refractivity contribution in [2.24, 2.45) is 0 Å². The lowest BCUT2D eigenvalue weighted by atomic mass is 9.83. The number of rotatable bonds is 2. The summed E-state index contributed by atoms with van der Waals surface area (Å²) in [5.74, 6) is 0.328. The largest absolute Gasteiger partial charge is 0.486 e. The summed E-state index contributed by atoms with van der Waals surface area (Å²) < 4.78 is 5.58. The van der Waals surface area contributed by atoms with Crippen LogP contribution in [0.2, 0.25) is 5.02 Å². The molecule has 4 rings (SSSR count). The molecule has 1 aliphatic rings. The summed E-state index contributed by atoms with van der Waals surface area (Å²) in [5.41, 5.74) is 2.62. The second-order valence-electron chi connectivity index (χ2n) is 5.61. The Morgan fingerprint density at radius 2 is 2.04 bits per heavy atom. The molecule has 0 fully saturated rings. The number of para-hydroxylation sites is 1. The van der Waals surface area contributed by atoms with Crippen molar-refractivity contribution >= 4 is 22.5 Å². The van der Waals surface area contributed by atoms with Crippen LogP contribution in [0.4, 0.5) is 0 Å². The third-order valence-electron chi connectivity index (χ3n) is 4.33. The van der Waals surface area contributed by atoms with Crippen LogP contribution in [0.15, 0.2) is 48.7 Å². The predicted octanol–water partition coefficient (Wildman–Crippen LogP) is 3.99. The molecule has 0 saturated heterocycles. The maximum atomic E-state index is 11.6. The molecule has 3 aromatic rings. The lowest BCUT2D eigenvalue weighted by Gasteiger charge is -2.28. The fourth-order valence-electron chi connectivity index (χ4n) is 3.28. The molecule has 0 bridgehead atoms. The fourth-order valence-corrected chi connectivity index (χ4v) is 3.45. The number of halogens is 1. The van der Waals surface area contributed by atoms with Crippen molar-refractivity contribution in [3.63, 3.8) is 0 Å². The first-order valence-electron chi connectivity index (χ1n) is 7.27. The quantitative estimate of drug-likeness (QED) is 0.571. The van der Waals surface area contributed by atoms with E-state index in [4.69, 9.17) is 16.3 Å². The lowest BCUT2D eigenvalue weighted by molar-refractivity contribution is -0.528. The number of ether oxygens (including phenoxy) is 1. The van der Waals surface area contributed by atoms with E-state index in [2.05, 4.69) is 4.98 Å². The third kappa shape index (κ3) is 2.24. The van der Waals surface area contributed by atoms with E-state index in [0.29, 0.717) is 10.8 Å². The van der Waals surface area contributed by atoms with Gasteiger partial charge in [-0.05, 0) is 29.8 Å². The summed E-state index contributed by atoms with van der Waals surface area (Å²) in [6.07, 6.45) is 1.84. The lowest BCUT2D eigenvalue weighted by Crippen LogP contribution is -2.37. The summed E-state index contributed by atoms with van der Waals surface area (Å²) in [6, 6.07) is 12.2. The minimum Gasteiger partial charge on any atom is -0.486 e. The molecule has 1 aliphatic heterocycles. The van der Waals surface area contributed by atoms with Gasteiger partial charge in [0.2, 0.25) is 0 Å². The molecule has 5 nitrogen and oxygen atoms in total. The summed E-state index contributed by atoms with van der Waals surface area (Å²) in [6.45, 7) is 0.0575. The zero-order valence-electron chi connectivity index (χ0n) is 12.0. The van der Waals surface area contributed by atoms with Crippen LogP contribution < -0.4 is 4.74 Å². The van der Waals surface area contributed by atoms with Gasteiger partial charge in [-0.1, -0.05) is 29.8 Å². The molecule has 23 heavy (non-hydrogen) atoms. The number of nitrogens with one attached hydrogen (secondary N) is 1. The Labute approximate surface area is 137 Å². The maximum Gasteiger partial charge on any atom is 0.257 e. The topological polar surface area (TPSA) is 68.2 Å². The van der Waals surface area contributed by atoms with E-state index in [1.54, 1.807) is 6.07 Å². The second-order valence-corrected chi connectivity index (χ2v) is 6.05. The van der Waals surface area contributed by atoms with Gasteiger partial charge in [-0.3, -0.25) is 10.1 Å². The van der Waals surface area contributed by atoms with E-state index < -0.39 is 6.04 Å². The highest BCUT2D eigenvalue weighted by Crippen LogP contribution is 2.42. The van der Waals surface area contributed by atoms with E-state index in [1.807, 2.05) is 42.6 Å². The fraction of sp³-hybridized carbons (Fsp3) is 0.176. The average molecular weight is 329 g/mol. The van der Waals surface area contributed by atoms with E-state index in [-0.39, 0.29) is 17.4 Å². The zero-order valence-corrected chi connectivity index (χ0v) is 12.8. The van der Waals surface area contributed by atoms with Crippen molar-refractivity contribution in [2.45, 2.75) is 12.0 Å². The summed E-state index contributed by atoms with van der Waals surface area (Å²) >= 11 is 6.11. The van der Waals surface area contributed by atoms with Crippen molar-refractivity contribution in [3.8, 4) is 5.75 Å². The van der Waals surface area contributed by atoms with Crippen molar-refractivity contribution in [1.82, 2.24) is 4.98 Å². The first-order chi connectivity index (χ1) is 11.1. The van der Waals surface area contributed by atoms with Gasteiger partial charge in [0, 0.05) is 32.6 Å². The van der Waals surface area contributed by atoms with Gasteiger partial charge in [-0.2, -0.15) is 0 Å². The van der Waals surface area contributed by atoms with Crippen LogP contribution in [-0.4, -0.2) is 22.6 Å². The molecule has 0 amide bonds. The van der Waals surface area contributed by atoms with Gasteiger partial charge < -0.3 is 9.72 Å². The molecule has 0 spiro atoms. The number of hydrogen-bond acceptors (Lipinski definition) is 3. The number of aromatic nitrogens is 1. The molecule has 6 heteroatoms. The minimum atomic E-state index is -0.831. The van der Waals surface area contributed by atoms with Crippen LogP contribution in [-0.2, 0) is 0 Å². The third-order valence-corrected chi connectivity index (χ3v) is 4.57. The number of hydrogen-bond donors (Lipinski definition) is 1. The summed E-state index contributed by atoms with van der Waals surface area (Å²) in [4.78, 5) is 14.5. The maximum absolute atomic E-state index is 11.6. The molecular formula is C17H13ClN2O3. The van der Waals surface area contributed by atoms with Gasteiger partial charge in [-0.25, -0.2) is 0 Å². The summed E-state index contributed by atoms with van der Waals surface area (Å²) in [7, 11) is 0. The van der Waals surface area contributed by atoms with Gasteiger partial charge in [0.05, 0.1) is 5.92 Å². The second kappa shape index (κ2) is 5.28. The summed E-state index contributed by atoms with van der Waals surface area (Å²) in [5, 5.41) is 13.1. The average Bonchev–Trinajstić information content (AvgIpc) is 2.96. The number of aromatic amines is 1. The number of H-pyrrole nitrogens is 1. The van der Waals surface area contributed by atoms with Crippen LogP contribution in [0, 0.1) is 10.1 Å². The zero-order chi connectivity index (χ0) is 16.0. The molecule has 2 atom stereocenters. The molecular weight excluding hydrogens is 316 g/mol. The molecule has 2 heterocycles. The highest BCUT2D eigenvalue weighted by Gasteiger charge is 2.41. The number of nitrogens with zero attached hydrogens (tertiary/aromatic N) is 1. The van der Waals surface area contributed by atoms with Gasteiger partial charge in [0.15, 0.2) is 6.61 Å². The predicted molar refractivity (Wildman–Crippen MR) is 87.9 cm³/mol. The molecule has 0 radical (unpaired) electrons. The van der Waals surface area contributed by atoms with Crippen molar-refractivity contribution < 1.29 is 9.66 Å². The highest BCUT2D eigenvalue weighted by molar-refractivity contribution is 6.31. The SMILES string of the molecule is O=[N+]([O-])[C@H]1COc2ccccc2[C@@H]1c1c[nH]c2ccc(Cl)cc12. The van der Waals surface area contributed by atoms with Crippen LogP contribution >= 0.6 is 11.6 Å². The number of benzene rings is 2.